The molecule has 4 rings (SSSR count). The first-order chi connectivity index (χ1) is 14.6. The van der Waals surface area contributed by atoms with E-state index < -0.39 is 0 Å². The Bertz CT molecular complexity index is 1060. The van der Waals surface area contributed by atoms with Crippen molar-refractivity contribution >= 4 is 40.0 Å². The fourth-order valence-corrected chi connectivity index (χ4v) is 3.53. The van der Waals surface area contributed by atoms with Crippen LogP contribution in [0, 0.1) is 6.92 Å². The summed E-state index contributed by atoms with van der Waals surface area (Å²) in [6.07, 6.45) is 1.21. The lowest BCUT2D eigenvalue weighted by Crippen LogP contribution is -2.49. The molecule has 0 atom stereocenters. The van der Waals surface area contributed by atoms with Gasteiger partial charge in [0.15, 0.2) is 11.6 Å². The minimum Gasteiger partial charge on any atom is -0.450 e. The summed E-state index contributed by atoms with van der Waals surface area (Å²) in [6.45, 7) is 6.48. The summed E-state index contributed by atoms with van der Waals surface area (Å²) in [5.41, 5.74) is 9.52. The van der Waals surface area contributed by atoms with Crippen molar-refractivity contribution < 1.29 is 9.53 Å². The third-order valence-corrected chi connectivity index (χ3v) is 5.08. The number of hydrogen-bond acceptors (Lipinski definition) is 8. The van der Waals surface area contributed by atoms with E-state index in [2.05, 4.69) is 25.2 Å². The summed E-state index contributed by atoms with van der Waals surface area (Å²) in [5, 5.41) is 4.35. The summed E-state index contributed by atoms with van der Waals surface area (Å²) in [6, 6.07) is 9.97. The van der Waals surface area contributed by atoms with E-state index in [1.807, 2.05) is 37.3 Å². The molecule has 30 heavy (non-hydrogen) atoms. The number of rotatable bonds is 4. The van der Waals surface area contributed by atoms with Gasteiger partial charge in [-0.1, -0.05) is 18.2 Å². The second kappa shape index (κ2) is 8.40. The van der Waals surface area contributed by atoms with Crippen LogP contribution in [0.5, 0.6) is 0 Å². The van der Waals surface area contributed by atoms with Gasteiger partial charge in [0.05, 0.1) is 17.8 Å². The van der Waals surface area contributed by atoms with E-state index in [1.54, 1.807) is 11.8 Å². The fraction of sp³-hybridized carbons (Fsp3) is 0.333. The Hall–Kier alpha value is -3.62. The number of anilines is 4. The van der Waals surface area contributed by atoms with Gasteiger partial charge in [-0.25, -0.2) is 14.8 Å². The summed E-state index contributed by atoms with van der Waals surface area (Å²) in [7, 11) is 0. The first-order valence-electron chi connectivity index (χ1n) is 9.97. The highest BCUT2D eigenvalue weighted by atomic mass is 16.6. The number of ether oxygens (including phenoxy) is 1. The number of nitrogens with one attached hydrogen (secondary N) is 1. The lowest BCUT2D eigenvalue weighted by Gasteiger charge is -2.35. The van der Waals surface area contributed by atoms with Crippen molar-refractivity contribution in [3.8, 4) is 0 Å². The number of aryl methyl sites for hydroxylation is 1. The van der Waals surface area contributed by atoms with Crippen LogP contribution < -0.4 is 16.0 Å². The maximum absolute atomic E-state index is 11.9. The quantitative estimate of drug-likeness (QED) is 0.679. The number of benzene rings is 1. The first kappa shape index (κ1) is 19.7. The van der Waals surface area contributed by atoms with Gasteiger partial charge < -0.3 is 25.6 Å². The van der Waals surface area contributed by atoms with Crippen LogP contribution in [-0.2, 0) is 4.74 Å². The average Bonchev–Trinajstić information content (AvgIpc) is 2.76. The molecule has 2 aromatic heterocycles. The lowest BCUT2D eigenvalue weighted by atomic mass is 10.1. The number of pyridine rings is 1. The number of piperazine rings is 1. The van der Waals surface area contributed by atoms with Gasteiger partial charge in [0.25, 0.3) is 0 Å². The predicted molar refractivity (Wildman–Crippen MR) is 117 cm³/mol. The SMILES string of the molecule is CCOC(=O)N1CCN(c2ncnc(Nc3cccc4ccc(C)nc34)c2N)CC1. The largest absolute Gasteiger partial charge is 0.450 e. The van der Waals surface area contributed by atoms with Gasteiger partial charge in [-0.05, 0) is 26.0 Å². The minimum absolute atomic E-state index is 0.283. The summed E-state index contributed by atoms with van der Waals surface area (Å²) >= 11 is 0. The van der Waals surface area contributed by atoms with Crippen LogP contribution in [0.4, 0.5) is 27.8 Å². The molecule has 3 heterocycles. The average molecular weight is 407 g/mol. The van der Waals surface area contributed by atoms with Crippen LogP contribution in [0.3, 0.4) is 0 Å². The van der Waals surface area contributed by atoms with E-state index in [-0.39, 0.29) is 6.09 Å². The van der Waals surface area contributed by atoms with Gasteiger partial charge >= 0.3 is 6.09 Å². The number of nitrogens with zero attached hydrogens (tertiary/aromatic N) is 5. The summed E-state index contributed by atoms with van der Waals surface area (Å²) in [5.74, 6) is 1.18. The molecule has 0 bridgehead atoms. The fourth-order valence-electron chi connectivity index (χ4n) is 3.53. The number of amides is 1. The molecular formula is C21H25N7O2. The topological polar surface area (TPSA) is 110 Å². The van der Waals surface area contributed by atoms with E-state index in [0.29, 0.717) is 50.1 Å². The molecule has 1 saturated heterocycles. The smallest absolute Gasteiger partial charge is 0.409 e. The molecule has 1 amide bonds. The Morgan fingerprint density at radius 1 is 1.17 bits per heavy atom. The second-order valence-electron chi connectivity index (χ2n) is 7.09. The number of nitrogen functional groups attached to an aromatic ring is 1. The Balaban J connectivity index is 1.55. The molecule has 9 nitrogen and oxygen atoms in total. The van der Waals surface area contributed by atoms with Crippen molar-refractivity contribution in [2.75, 3.05) is 48.7 Å². The number of para-hydroxylation sites is 1. The van der Waals surface area contributed by atoms with Crippen LogP contribution >= 0.6 is 0 Å². The van der Waals surface area contributed by atoms with Crippen LogP contribution in [0.1, 0.15) is 12.6 Å². The first-order valence-corrected chi connectivity index (χ1v) is 9.97. The third kappa shape index (κ3) is 3.91. The summed E-state index contributed by atoms with van der Waals surface area (Å²) in [4.78, 5) is 29.0. The monoisotopic (exact) mass is 407 g/mol. The minimum atomic E-state index is -0.283. The zero-order chi connectivity index (χ0) is 21.1. The van der Waals surface area contributed by atoms with E-state index in [0.717, 1.165) is 22.3 Å². The third-order valence-electron chi connectivity index (χ3n) is 5.08. The van der Waals surface area contributed by atoms with Crippen molar-refractivity contribution in [3.05, 3.63) is 42.4 Å². The highest BCUT2D eigenvalue weighted by Crippen LogP contribution is 2.31. The van der Waals surface area contributed by atoms with Crippen LogP contribution in [0.2, 0.25) is 0 Å². The highest BCUT2D eigenvalue weighted by molar-refractivity contribution is 5.93. The molecule has 0 unspecified atom stereocenters. The van der Waals surface area contributed by atoms with E-state index in [4.69, 9.17) is 10.5 Å². The molecule has 0 aliphatic carbocycles. The second-order valence-corrected chi connectivity index (χ2v) is 7.09. The Kier molecular flexibility index (Phi) is 5.51. The van der Waals surface area contributed by atoms with Gasteiger partial charge in [0, 0.05) is 37.3 Å². The molecule has 3 aromatic rings. The van der Waals surface area contributed by atoms with Gasteiger partial charge in [-0.15, -0.1) is 0 Å². The van der Waals surface area contributed by atoms with Crippen molar-refractivity contribution in [1.82, 2.24) is 19.9 Å². The molecule has 0 saturated carbocycles. The van der Waals surface area contributed by atoms with Crippen LogP contribution in [-0.4, -0.2) is 58.7 Å². The van der Waals surface area contributed by atoms with E-state index in [1.165, 1.54) is 6.33 Å². The molecule has 156 valence electrons. The molecule has 3 N–H and O–H groups in total. The summed E-state index contributed by atoms with van der Waals surface area (Å²) < 4.78 is 5.08. The van der Waals surface area contributed by atoms with Crippen molar-refractivity contribution in [1.29, 1.82) is 0 Å². The lowest BCUT2D eigenvalue weighted by molar-refractivity contribution is 0.105. The number of fused-ring (bicyclic) bond motifs is 1. The molecule has 9 heteroatoms. The number of hydrogen-bond donors (Lipinski definition) is 2. The van der Waals surface area contributed by atoms with Gasteiger partial charge in [0.1, 0.15) is 12.0 Å². The number of nitrogens with two attached hydrogens (primary N) is 1. The standard InChI is InChI=1S/C21H25N7O2/c1-3-30-21(29)28-11-9-27(10-12-28)20-17(22)19(23-13-24-20)26-16-6-4-5-15-8-7-14(2)25-18(15)16/h4-8,13H,3,9-12,22H2,1-2H3,(H,23,24,26). The van der Waals surface area contributed by atoms with Crippen LogP contribution in [0.15, 0.2) is 36.7 Å². The zero-order valence-corrected chi connectivity index (χ0v) is 17.1. The molecule has 1 aromatic carbocycles. The zero-order valence-electron chi connectivity index (χ0n) is 17.1. The van der Waals surface area contributed by atoms with Crippen molar-refractivity contribution in [2.24, 2.45) is 0 Å². The highest BCUT2D eigenvalue weighted by Gasteiger charge is 2.24. The molecule has 0 spiro atoms. The Morgan fingerprint density at radius 3 is 2.73 bits per heavy atom. The maximum atomic E-state index is 11.9. The van der Waals surface area contributed by atoms with E-state index in [9.17, 15) is 4.79 Å². The molecule has 1 aliphatic heterocycles. The number of carbonyl (C=O) groups excluding carboxylic acids is 1. The normalized spacial score (nSPS) is 14.1. The van der Waals surface area contributed by atoms with E-state index >= 15 is 0 Å². The maximum Gasteiger partial charge on any atom is 0.409 e. The Labute approximate surface area is 174 Å². The number of aromatic nitrogens is 3. The molecule has 0 radical (unpaired) electrons. The molecule has 1 fully saturated rings. The van der Waals surface area contributed by atoms with Crippen molar-refractivity contribution in [3.63, 3.8) is 0 Å². The predicted octanol–water partition coefficient (Wildman–Crippen LogP) is 2.94. The Morgan fingerprint density at radius 2 is 1.97 bits per heavy atom. The molecular weight excluding hydrogens is 382 g/mol. The van der Waals surface area contributed by atoms with Gasteiger partial charge in [-0.2, -0.15) is 0 Å². The van der Waals surface area contributed by atoms with Gasteiger partial charge in [-0.3, -0.25) is 4.98 Å². The van der Waals surface area contributed by atoms with Crippen molar-refractivity contribution in [2.45, 2.75) is 13.8 Å². The van der Waals surface area contributed by atoms with Crippen LogP contribution in [0.25, 0.3) is 10.9 Å². The molecule has 1 aliphatic rings. The van der Waals surface area contributed by atoms with Gasteiger partial charge in [0.2, 0.25) is 0 Å². The number of carbonyl (C=O) groups is 1.